The standard InChI is InChI=1S/C30H29F3N6O/c1-37-18-28(26-15-19(8-13-35-26)21-14-20-4-3-5-25(20)36-17-21)39(29(37)40)23-6-7-27(24(16-23)30(31,32)33)38(2)22-9-11-34-12-10-22/h3-4,6-8,13-18,22,34H,5,9-12H2,1-2H3. The van der Waals surface area contributed by atoms with Gasteiger partial charge in [-0.05, 0) is 73.5 Å². The predicted octanol–water partition coefficient (Wildman–Crippen LogP) is 5.08. The van der Waals surface area contributed by atoms with Gasteiger partial charge in [0.1, 0.15) is 0 Å². The number of piperidine rings is 1. The quantitative estimate of drug-likeness (QED) is 0.378. The largest absolute Gasteiger partial charge is 0.418 e. The van der Waals surface area contributed by atoms with Crippen LogP contribution in [0.25, 0.3) is 34.3 Å². The van der Waals surface area contributed by atoms with Crippen molar-refractivity contribution < 1.29 is 13.2 Å². The van der Waals surface area contributed by atoms with Gasteiger partial charge in [0.05, 0.1) is 28.3 Å². The number of anilines is 1. The smallest absolute Gasteiger partial charge is 0.371 e. The van der Waals surface area contributed by atoms with Gasteiger partial charge in [0.2, 0.25) is 0 Å². The van der Waals surface area contributed by atoms with Crippen LogP contribution in [0.2, 0.25) is 0 Å². The highest BCUT2D eigenvalue weighted by Gasteiger charge is 2.36. The lowest BCUT2D eigenvalue weighted by atomic mass is 10.0. The van der Waals surface area contributed by atoms with Crippen molar-refractivity contribution in [2.75, 3.05) is 25.0 Å². The van der Waals surface area contributed by atoms with E-state index in [1.54, 1.807) is 43.7 Å². The van der Waals surface area contributed by atoms with Crippen LogP contribution in [0.15, 0.2) is 65.9 Å². The second kappa shape index (κ2) is 10.1. The van der Waals surface area contributed by atoms with E-state index in [9.17, 15) is 18.0 Å². The van der Waals surface area contributed by atoms with Crippen molar-refractivity contribution in [3.8, 4) is 28.2 Å². The van der Waals surface area contributed by atoms with Gasteiger partial charge >= 0.3 is 11.9 Å². The van der Waals surface area contributed by atoms with E-state index in [1.165, 1.54) is 15.2 Å². The summed E-state index contributed by atoms with van der Waals surface area (Å²) in [7, 11) is 3.28. The number of fused-ring (bicyclic) bond motifs is 1. The monoisotopic (exact) mass is 546 g/mol. The van der Waals surface area contributed by atoms with Crippen molar-refractivity contribution in [1.82, 2.24) is 24.4 Å². The Hall–Kier alpha value is -4.18. The Kier molecular flexibility index (Phi) is 6.58. The molecule has 1 saturated heterocycles. The van der Waals surface area contributed by atoms with Crippen molar-refractivity contribution in [2.45, 2.75) is 31.5 Å². The number of hydrogen-bond acceptors (Lipinski definition) is 5. The Morgan fingerprint density at radius 2 is 1.85 bits per heavy atom. The van der Waals surface area contributed by atoms with Crippen molar-refractivity contribution in [1.29, 1.82) is 0 Å². The Labute approximate surface area is 229 Å². The summed E-state index contributed by atoms with van der Waals surface area (Å²) in [4.78, 5) is 24.0. The molecule has 3 aromatic heterocycles. The highest BCUT2D eigenvalue weighted by Crippen LogP contribution is 2.39. The molecule has 4 heterocycles. The fourth-order valence-electron chi connectivity index (χ4n) is 5.61. The fourth-order valence-corrected chi connectivity index (χ4v) is 5.61. The summed E-state index contributed by atoms with van der Waals surface area (Å²) in [5.41, 5.74) is 3.68. The lowest BCUT2D eigenvalue weighted by Gasteiger charge is -2.35. The molecule has 6 rings (SSSR count). The number of aryl methyl sites for hydroxylation is 1. The van der Waals surface area contributed by atoms with E-state index in [2.05, 4.69) is 27.4 Å². The van der Waals surface area contributed by atoms with Gasteiger partial charge in [-0.15, -0.1) is 0 Å². The average molecular weight is 547 g/mol. The average Bonchev–Trinajstić information content (AvgIpc) is 3.56. The van der Waals surface area contributed by atoms with E-state index >= 15 is 0 Å². The van der Waals surface area contributed by atoms with Gasteiger partial charge in [-0.2, -0.15) is 13.2 Å². The molecule has 1 aromatic carbocycles. The van der Waals surface area contributed by atoms with Crippen LogP contribution < -0.4 is 15.9 Å². The summed E-state index contributed by atoms with van der Waals surface area (Å²) in [6.45, 7) is 1.53. The fraction of sp³-hybridized carbons (Fsp3) is 0.300. The van der Waals surface area contributed by atoms with Crippen LogP contribution in [-0.4, -0.2) is 45.3 Å². The molecule has 10 heteroatoms. The molecule has 0 unspecified atom stereocenters. The molecule has 1 fully saturated rings. The first-order chi connectivity index (χ1) is 19.2. The highest BCUT2D eigenvalue weighted by molar-refractivity contribution is 5.73. The number of rotatable bonds is 5. The summed E-state index contributed by atoms with van der Waals surface area (Å²) in [6, 6.07) is 9.85. The van der Waals surface area contributed by atoms with Gasteiger partial charge in [0.15, 0.2) is 0 Å². The molecule has 0 spiro atoms. The number of imidazole rings is 1. The summed E-state index contributed by atoms with van der Waals surface area (Å²) in [6.07, 6.45) is 6.86. The third-order valence-corrected chi connectivity index (χ3v) is 7.80. The molecule has 0 saturated carbocycles. The predicted molar refractivity (Wildman–Crippen MR) is 150 cm³/mol. The van der Waals surface area contributed by atoms with Crippen molar-refractivity contribution >= 4 is 11.8 Å². The lowest BCUT2D eigenvalue weighted by molar-refractivity contribution is -0.137. The van der Waals surface area contributed by atoms with E-state index in [0.29, 0.717) is 11.4 Å². The number of benzene rings is 1. The number of alkyl halides is 3. The van der Waals surface area contributed by atoms with E-state index in [-0.39, 0.29) is 17.4 Å². The molecule has 7 nitrogen and oxygen atoms in total. The van der Waals surface area contributed by atoms with Crippen molar-refractivity contribution in [3.05, 3.63) is 88.4 Å². The Bertz CT molecular complexity index is 1660. The molecule has 1 aliphatic carbocycles. The number of hydrogen-bond donors (Lipinski definition) is 1. The summed E-state index contributed by atoms with van der Waals surface area (Å²) >= 11 is 0. The molecular formula is C30H29F3N6O. The molecule has 0 radical (unpaired) electrons. The second-order valence-corrected chi connectivity index (χ2v) is 10.3. The third-order valence-electron chi connectivity index (χ3n) is 7.80. The van der Waals surface area contributed by atoms with Crippen LogP contribution in [0.5, 0.6) is 0 Å². The zero-order valence-corrected chi connectivity index (χ0v) is 22.2. The van der Waals surface area contributed by atoms with Gasteiger partial charge in [-0.1, -0.05) is 12.2 Å². The number of nitrogens with one attached hydrogen (secondary N) is 1. The van der Waals surface area contributed by atoms with Crippen LogP contribution in [-0.2, 0) is 19.6 Å². The Morgan fingerprint density at radius 3 is 2.62 bits per heavy atom. The normalized spacial score (nSPS) is 15.4. The molecule has 206 valence electrons. The summed E-state index contributed by atoms with van der Waals surface area (Å²) < 4.78 is 45.8. The summed E-state index contributed by atoms with van der Waals surface area (Å²) in [5, 5.41) is 3.25. The molecule has 2 aliphatic rings. The first-order valence-corrected chi connectivity index (χ1v) is 13.3. The highest BCUT2D eigenvalue weighted by atomic mass is 19.4. The van der Waals surface area contributed by atoms with Gasteiger partial charge in [0, 0.05) is 56.4 Å². The maximum absolute atomic E-state index is 14.4. The number of aromatic nitrogens is 4. The second-order valence-electron chi connectivity index (χ2n) is 10.3. The minimum absolute atomic E-state index is 0.000606. The lowest BCUT2D eigenvalue weighted by Crippen LogP contribution is -2.41. The van der Waals surface area contributed by atoms with Crippen LogP contribution in [0.1, 0.15) is 29.7 Å². The first kappa shape index (κ1) is 26.1. The zero-order valence-electron chi connectivity index (χ0n) is 22.2. The zero-order chi connectivity index (χ0) is 28.0. The van der Waals surface area contributed by atoms with Crippen molar-refractivity contribution in [2.24, 2.45) is 7.05 Å². The molecule has 0 amide bonds. The molecule has 0 bridgehead atoms. The SMILES string of the molecule is CN(c1ccc(-n2c(-c3cc(-c4cnc5c(c4)C=CC5)ccn3)cn(C)c2=O)cc1C(F)(F)F)C1CCNCC1. The maximum atomic E-state index is 14.4. The topological polar surface area (TPSA) is 68.0 Å². The number of pyridine rings is 2. The minimum atomic E-state index is -4.60. The van der Waals surface area contributed by atoms with Crippen LogP contribution in [0.4, 0.5) is 18.9 Å². The van der Waals surface area contributed by atoms with Gasteiger partial charge in [-0.25, -0.2) is 4.79 Å². The van der Waals surface area contributed by atoms with Crippen LogP contribution in [0.3, 0.4) is 0 Å². The molecular weight excluding hydrogens is 517 g/mol. The van der Waals surface area contributed by atoms with Gasteiger partial charge in [0.25, 0.3) is 0 Å². The number of allylic oxidation sites excluding steroid dienone is 1. The van der Waals surface area contributed by atoms with Crippen molar-refractivity contribution in [3.63, 3.8) is 0 Å². The van der Waals surface area contributed by atoms with E-state index < -0.39 is 17.4 Å². The van der Waals surface area contributed by atoms with Gasteiger partial charge in [-0.3, -0.25) is 14.5 Å². The Morgan fingerprint density at radius 1 is 1.05 bits per heavy atom. The van der Waals surface area contributed by atoms with E-state index in [4.69, 9.17) is 0 Å². The molecule has 4 aromatic rings. The maximum Gasteiger partial charge on any atom is 0.418 e. The first-order valence-electron chi connectivity index (χ1n) is 13.3. The molecule has 40 heavy (non-hydrogen) atoms. The minimum Gasteiger partial charge on any atom is -0.371 e. The molecule has 1 aliphatic heterocycles. The van der Waals surface area contributed by atoms with Gasteiger partial charge < -0.3 is 14.8 Å². The van der Waals surface area contributed by atoms with E-state index in [1.807, 2.05) is 18.2 Å². The van der Waals surface area contributed by atoms with Crippen LogP contribution >= 0.6 is 0 Å². The van der Waals surface area contributed by atoms with Crippen LogP contribution in [0, 0.1) is 0 Å². The molecule has 1 N–H and O–H groups in total. The summed E-state index contributed by atoms with van der Waals surface area (Å²) in [5.74, 6) is 0. The molecule has 0 atom stereocenters. The number of nitrogens with zero attached hydrogens (tertiary/aromatic N) is 5. The number of halogens is 3. The van der Waals surface area contributed by atoms with E-state index in [0.717, 1.165) is 60.8 Å². The Balaban J connectivity index is 1.43. The third kappa shape index (κ3) is 4.72.